The second-order valence-corrected chi connectivity index (χ2v) is 5.42. The van der Waals surface area contributed by atoms with Crippen LogP contribution in [0.5, 0.6) is 0 Å². The fraction of sp³-hybridized carbons (Fsp3) is 0.583. The number of amides is 1. The average molecular weight is 266 g/mol. The minimum absolute atomic E-state index is 0.123. The molecular weight excluding hydrogens is 248 g/mol. The minimum Gasteiger partial charge on any atom is -0.369 e. The summed E-state index contributed by atoms with van der Waals surface area (Å²) in [6.07, 6.45) is 2.08. The first-order valence-corrected chi connectivity index (χ1v) is 7.41. The zero-order chi connectivity index (χ0) is 12.8. The van der Waals surface area contributed by atoms with Crippen molar-refractivity contribution < 1.29 is 4.79 Å². The smallest absolute Gasteiger partial charge is 0.272 e. The highest BCUT2D eigenvalue weighted by Crippen LogP contribution is 2.17. The van der Waals surface area contributed by atoms with Gasteiger partial charge in [-0.25, -0.2) is 0 Å². The molecule has 0 radical (unpaired) electrons. The Labute approximate surface area is 111 Å². The van der Waals surface area contributed by atoms with E-state index in [1.54, 1.807) is 12.1 Å². The van der Waals surface area contributed by atoms with E-state index in [1.807, 2.05) is 18.7 Å². The molecule has 2 heterocycles. The van der Waals surface area contributed by atoms with Gasteiger partial charge in [0, 0.05) is 12.6 Å². The molecule has 0 aliphatic carbocycles. The Morgan fingerprint density at radius 3 is 2.78 bits per heavy atom. The van der Waals surface area contributed by atoms with Gasteiger partial charge in [0.2, 0.25) is 0 Å². The van der Waals surface area contributed by atoms with Gasteiger partial charge in [-0.3, -0.25) is 4.79 Å². The normalized spacial score (nSPS) is 16.3. The first-order chi connectivity index (χ1) is 8.79. The van der Waals surface area contributed by atoms with Gasteiger partial charge in [-0.1, -0.05) is 0 Å². The van der Waals surface area contributed by atoms with Crippen LogP contribution in [-0.4, -0.2) is 40.2 Å². The largest absolute Gasteiger partial charge is 0.369 e. The topological polar surface area (TPSA) is 66.9 Å². The van der Waals surface area contributed by atoms with Crippen molar-refractivity contribution in [3.8, 4) is 0 Å². The van der Waals surface area contributed by atoms with E-state index in [9.17, 15) is 4.79 Å². The monoisotopic (exact) mass is 266 g/mol. The number of carbonyl (C=O) groups is 1. The van der Waals surface area contributed by atoms with Crippen LogP contribution in [0.2, 0.25) is 0 Å². The van der Waals surface area contributed by atoms with Crippen molar-refractivity contribution in [1.29, 1.82) is 0 Å². The number of nitrogens with one attached hydrogen (secondary N) is 2. The van der Waals surface area contributed by atoms with Crippen LogP contribution >= 0.6 is 11.8 Å². The molecule has 18 heavy (non-hydrogen) atoms. The van der Waals surface area contributed by atoms with E-state index in [0.29, 0.717) is 11.5 Å². The van der Waals surface area contributed by atoms with Gasteiger partial charge in [-0.05, 0) is 43.4 Å². The fourth-order valence-corrected chi connectivity index (χ4v) is 2.94. The van der Waals surface area contributed by atoms with Crippen LogP contribution in [-0.2, 0) is 0 Å². The van der Waals surface area contributed by atoms with Gasteiger partial charge in [-0.15, -0.1) is 10.2 Å². The van der Waals surface area contributed by atoms with Gasteiger partial charge in [-0.2, -0.15) is 11.8 Å². The molecule has 1 saturated heterocycles. The van der Waals surface area contributed by atoms with Crippen molar-refractivity contribution in [1.82, 2.24) is 15.5 Å². The Morgan fingerprint density at radius 1 is 1.39 bits per heavy atom. The Kier molecular flexibility index (Phi) is 4.81. The number of carbonyl (C=O) groups excluding carboxylic acids is 1. The standard InChI is InChI=1S/C12H18N4OS/c1-2-13-11-4-3-10(15-16-11)12(17)14-9-5-7-18-8-6-9/h3-4,9H,2,5-8H2,1H3,(H,13,16)(H,14,17). The van der Waals surface area contributed by atoms with Crippen molar-refractivity contribution in [3.05, 3.63) is 17.8 Å². The highest BCUT2D eigenvalue weighted by atomic mass is 32.2. The Morgan fingerprint density at radius 2 is 2.17 bits per heavy atom. The van der Waals surface area contributed by atoms with E-state index in [1.165, 1.54) is 0 Å². The van der Waals surface area contributed by atoms with Gasteiger partial charge in [0.1, 0.15) is 5.82 Å². The summed E-state index contributed by atoms with van der Waals surface area (Å²) < 4.78 is 0. The highest BCUT2D eigenvalue weighted by Gasteiger charge is 2.17. The third-order valence-corrected chi connectivity index (χ3v) is 3.86. The summed E-state index contributed by atoms with van der Waals surface area (Å²) in [6.45, 7) is 2.78. The van der Waals surface area contributed by atoms with Crippen molar-refractivity contribution in [2.45, 2.75) is 25.8 Å². The summed E-state index contributed by atoms with van der Waals surface area (Å²) in [7, 11) is 0. The third kappa shape index (κ3) is 3.60. The molecule has 1 aromatic rings. The molecule has 1 aliphatic rings. The molecule has 5 nitrogen and oxygen atoms in total. The summed E-state index contributed by atoms with van der Waals surface area (Å²) in [5, 5.41) is 13.9. The molecule has 1 amide bonds. The maximum absolute atomic E-state index is 11.9. The lowest BCUT2D eigenvalue weighted by molar-refractivity contribution is 0.0929. The average Bonchev–Trinajstić information content (AvgIpc) is 2.41. The Bertz CT molecular complexity index is 390. The van der Waals surface area contributed by atoms with Crippen molar-refractivity contribution in [2.24, 2.45) is 0 Å². The lowest BCUT2D eigenvalue weighted by Crippen LogP contribution is -2.37. The predicted molar refractivity (Wildman–Crippen MR) is 74.0 cm³/mol. The number of hydrogen-bond donors (Lipinski definition) is 2. The number of aromatic nitrogens is 2. The number of thioether (sulfide) groups is 1. The van der Waals surface area contributed by atoms with Gasteiger partial charge < -0.3 is 10.6 Å². The molecule has 1 aliphatic heterocycles. The molecule has 0 bridgehead atoms. The Balaban J connectivity index is 1.91. The molecule has 1 fully saturated rings. The molecule has 0 spiro atoms. The second-order valence-electron chi connectivity index (χ2n) is 4.19. The first kappa shape index (κ1) is 13.1. The van der Waals surface area contributed by atoms with Crippen LogP contribution < -0.4 is 10.6 Å². The SMILES string of the molecule is CCNc1ccc(C(=O)NC2CCSCC2)nn1. The molecule has 2 rings (SSSR count). The van der Waals surface area contributed by atoms with Crippen molar-refractivity contribution >= 4 is 23.5 Å². The maximum atomic E-state index is 11.9. The summed E-state index contributed by atoms with van der Waals surface area (Å²) in [5.74, 6) is 2.82. The highest BCUT2D eigenvalue weighted by molar-refractivity contribution is 7.99. The molecule has 0 aromatic carbocycles. The number of anilines is 1. The van der Waals surface area contributed by atoms with E-state index < -0.39 is 0 Å². The van der Waals surface area contributed by atoms with Gasteiger partial charge in [0.15, 0.2) is 5.69 Å². The zero-order valence-electron chi connectivity index (χ0n) is 10.5. The molecule has 0 saturated carbocycles. The number of nitrogens with zero attached hydrogens (tertiary/aromatic N) is 2. The molecule has 98 valence electrons. The zero-order valence-corrected chi connectivity index (χ0v) is 11.3. The predicted octanol–water partition coefficient (Wildman–Crippen LogP) is 1.53. The quantitative estimate of drug-likeness (QED) is 0.865. The lowest BCUT2D eigenvalue weighted by Gasteiger charge is -2.22. The van der Waals surface area contributed by atoms with Crippen LogP contribution in [0.4, 0.5) is 5.82 Å². The minimum atomic E-state index is -0.123. The number of rotatable bonds is 4. The van der Waals surface area contributed by atoms with Crippen molar-refractivity contribution in [2.75, 3.05) is 23.4 Å². The maximum Gasteiger partial charge on any atom is 0.272 e. The fourth-order valence-electron chi connectivity index (χ4n) is 1.83. The molecule has 2 N–H and O–H groups in total. The second kappa shape index (κ2) is 6.58. The molecule has 6 heteroatoms. The molecule has 0 unspecified atom stereocenters. The Hall–Kier alpha value is -1.30. The summed E-state index contributed by atoms with van der Waals surface area (Å²) in [4.78, 5) is 11.9. The van der Waals surface area contributed by atoms with Gasteiger partial charge in [0.25, 0.3) is 5.91 Å². The molecule has 0 atom stereocenters. The van der Waals surface area contributed by atoms with Crippen molar-refractivity contribution in [3.63, 3.8) is 0 Å². The van der Waals surface area contributed by atoms with E-state index >= 15 is 0 Å². The third-order valence-electron chi connectivity index (χ3n) is 2.81. The molecular formula is C12H18N4OS. The van der Waals surface area contributed by atoms with Crippen LogP contribution in [0.15, 0.2) is 12.1 Å². The van der Waals surface area contributed by atoms with Crippen LogP contribution in [0.3, 0.4) is 0 Å². The first-order valence-electron chi connectivity index (χ1n) is 6.26. The lowest BCUT2D eigenvalue weighted by atomic mass is 10.1. The van der Waals surface area contributed by atoms with E-state index in [0.717, 1.165) is 30.9 Å². The van der Waals surface area contributed by atoms with Gasteiger partial charge in [0.05, 0.1) is 0 Å². The van der Waals surface area contributed by atoms with E-state index in [2.05, 4.69) is 20.8 Å². The summed E-state index contributed by atoms with van der Waals surface area (Å²) in [6, 6.07) is 3.77. The summed E-state index contributed by atoms with van der Waals surface area (Å²) in [5.41, 5.74) is 0.384. The number of hydrogen-bond acceptors (Lipinski definition) is 5. The van der Waals surface area contributed by atoms with Gasteiger partial charge >= 0.3 is 0 Å². The molecule has 1 aromatic heterocycles. The van der Waals surface area contributed by atoms with E-state index in [-0.39, 0.29) is 11.9 Å². The van der Waals surface area contributed by atoms with E-state index in [4.69, 9.17) is 0 Å². The van der Waals surface area contributed by atoms with Crippen LogP contribution in [0.25, 0.3) is 0 Å². The van der Waals surface area contributed by atoms with Crippen LogP contribution in [0.1, 0.15) is 30.3 Å². The van der Waals surface area contributed by atoms with Crippen LogP contribution in [0, 0.1) is 0 Å². The summed E-state index contributed by atoms with van der Waals surface area (Å²) >= 11 is 1.94.